The third kappa shape index (κ3) is 46.3. The Kier molecular flexibility index (Phi) is 45.8. The van der Waals surface area contributed by atoms with E-state index in [0.29, 0.717) is 101 Å². The molecule has 137 heavy (non-hydrogen) atoms. The van der Waals surface area contributed by atoms with Gasteiger partial charge < -0.3 is 46.6 Å². The number of hydrogen-bond acceptors (Lipinski definition) is 29. The van der Waals surface area contributed by atoms with Crippen molar-refractivity contribution in [2.75, 3.05) is 102 Å². The maximum absolute atomic E-state index is 9.76. The smallest absolute Gasteiger partial charge is 0.261 e. The van der Waals surface area contributed by atoms with Crippen LogP contribution in [0, 0.1) is 0 Å². The highest BCUT2D eigenvalue weighted by Crippen LogP contribution is 2.45. The lowest BCUT2D eigenvalue weighted by Gasteiger charge is -2.28. The molecule has 3 atom stereocenters. The molecule has 49 heteroatoms. The van der Waals surface area contributed by atoms with E-state index in [1.54, 1.807) is 0 Å². The van der Waals surface area contributed by atoms with Crippen molar-refractivity contribution in [2.45, 2.75) is 76.3 Å². The van der Waals surface area contributed by atoms with Crippen molar-refractivity contribution in [3.8, 4) is 0 Å². The first-order chi connectivity index (χ1) is 62.4. The van der Waals surface area contributed by atoms with E-state index in [4.69, 9.17) is 45.5 Å². The highest BCUT2D eigenvalue weighted by atomic mass is 32.3. The topological polar surface area (TPSA) is 701 Å². The molecule has 758 valence electrons. The third-order valence-electron chi connectivity index (χ3n) is 19.0. The van der Waals surface area contributed by atoms with Crippen LogP contribution in [0.4, 0.5) is 0 Å². The van der Waals surface area contributed by atoms with Crippen molar-refractivity contribution >= 4 is 230 Å². The number of aliphatic hydroxyl groups excluding tert-OH is 6. The van der Waals surface area contributed by atoms with Crippen LogP contribution < -0.4 is 16.0 Å². The number of rotatable bonds is 18. The van der Waals surface area contributed by atoms with Gasteiger partial charge in [0.1, 0.15) is 0 Å². The minimum Gasteiger partial charge on any atom is -0.396 e. The van der Waals surface area contributed by atoms with Gasteiger partial charge in [0.25, 0.3) is 101 Å². The highest BCUT2D eigenvalue weighted by Gasteiger charge is 2.27. The van der Waals surface area contributed by atoms with Crippen molar-refractivity contribution < 1.29 is 160 Å². The molecule has 15 rings (SSSR count). The molecular weight excluding hydrogens is 2000 g/mol. The van der Waals surface area contributed by atoms with E-state index in [1.807, 2.05) is 20.8 Å². The summed E-state index contributed by atoms with van der Waals surface area (Å²) in [5.41, 5.74) is 2.13. The van der Waals surface area contributed by atoms with Gasteiger partial charge in [-0.05, 0) is 186 Å². The third-order valence-corrected chi connectivity index (χ3v) is 19.0. The van der Waals surface area contributed by atoms with Crippen LogP contribution in [0.2, 0.25) is 0 Å². The Balaban J connectivity index is 0.000000424. The molecule has 19 N–H and O–H groups in total. The van der Waals surface area contributed by atoms with Crippen LogP contribution in [-0.4, -0.2) is 279 Å². The highest BCUT2D eigenvalue weighted by molar-refractivity contribution is 7.87. The lowest BCUT2D eigenvalue weighted by atomic mass is 9.88. The molecular formula is C88H115N3O36S10. The number of aliphatic hydroxyl groups is 6. The molecule has 3 unspecified atom stereocenters. The molecule has 0 bridgehead atoms. The number of nitrogens with one attached hydrogen (secondary N) is 3. The van der Waals surface area contributed by atoms with E-state index in [2.05, 4.69) is 216 Å². The maximum atomic E-state index is 9.76. The summed E-state index contributed by atoms with van der Waals surface area (Å²) >= 11 is 0. The molecule has 39 nitrogen and oxygen atoms in total. The Bertz CT molecular complexity index is 6620. The monoisotopic (exact) mass is 2110 g/mol. The summed E-state index contributed by atoms with van der Waals surface area (Å²) in [7, 11) is -36.7. The van der Waals surface area contributed by atoms with Crippen molar-refractivity contribution in [1.82, 2.24) is 16.0 Å². The molecule has 0 aliphatic carbocycles. The molecule has 15 aromatic rings. The molecule has 0 fully saturated rings. The average molecular weight is 2110 g/mol. The van der Waals surface area contributed by atoms with Crippen LogP contribution in [-0.2, 0) is 121 Å². The van der Waals surface area contributed by atoms with Gasteiger partial charge in [-0.25, -0.2) is 0 Å². The van der Waals surface area contributed by atoms with Crippen LogP contribution in [0.3, 0.4) is 0 Å². The second kappa shape index (κ2) is 51.4. The summed E-state index contributed by atoms with van der Waals surface area (Å²) in [6.07, 6.45) is 8.69. The molecule has 0 saturated heterocycles. The number of benzene rings is 15. The fraction of sp³-hybridized carbons (Fsp3) is 0.318. The zero-order chi connectivity index (χ0) is 105. The molecule has 0 saturated carbocycles. The summed E-state index contributed by atoms with van der Waals surface area (Å²) in [4.78, 5) is 0. The second-order valence-corrected chi connectivity index (χ2v) is 46.8. The zero-order valence-electron chi connectivity index (χ0n) is 76.4. The predicted molar refractivity (Wildman–Crippen MR) is 540 cm³/mol. The Morgan fingerprint density at radius 1 is 0.197 bits per heavy atom. The van der Waals surface area contributed by atoms with Gasteiger partial charge in [-0.2, -0.15) is 84.2 Å². The largest absolute Gasteiger partial charge is 0.396 e. The van der Waals surface area contributed by atoms with E-state index in [9.17, 15) is 115 Å². The molecule has 0 aliphatic rings. The van der Waals surface area contributed by atoms with Gasteiger partial charge in [0, 0.05) is 56.1 Å². The Morgan fingerprint density at radius 2 is 0.321 bits per heavy atom. The molecule has 0 aromatic heterocycles. The first-order valence-corrected chi connectivity index (χ1v) is 58.3. The standard InChI is InChI=1S/3C26H25NO2.10CH4O3S/c3*1-26(16-29,13-14-28)27-15-18-11-12-23-21-9-3-6-17-5-2-8-20(24(17)21)22-10-4-7-19(18)25(22)23;10*1-5(2,3)4/h3*2-12,27-29H,13-16H2,1H3;10*1H3,(H,2,3,4). The van der Waals surface area contributed by atoms with Crippen LogP contribution in [0.15, 0.2) is 200 Å². The van der Waals surface area contributed by atoms with Crippen LogP contribution >= 0.6 is 0 Å². The summed E-state index contributed by atoms with van der Waals surface area (Å²) in [6, 6.07) is 72.2. The summed E-state index contributed by atoms with van der Waals surface area (Å²) in [5, 5.41) is 98.5. The minimum absolute atomic E-state index is 0.00972. The van der Waals surface area contributed by atoms with Crippen LogP contribution in [0.1, 0.15) is 56.7 Å². The van der Waals surface area contributed by atoms with Gasteiger partial charge in [-0.1, -0.05) is 200 Å². The fourth-order valence-corrected chi connectivity index (χ4v) is 13.9. The van der Waals surface area contributed by atoms with Gasteiger partial charge in [0.15, 0.2) is 0 Å². The maximum Gasteiger partial charge on any atom is 0.261 e. The average Bonchev–Trinajstić information content (AvgIpc) is 0.729. The van der Waals surface area contributed by atoms with Gasteiger partial charge in [-0.3, -0.25) is 45.5 Å². The summed E-state index contributed by atoms with van der Waals surface area (Å²) < 4.78 is 259. The van der Waals surface area contributed by atoms with Crippen molar-refractivity contribution in [3.63, 3.8) is 0 Å². The molecule has 0 aliphatic heterocycles. The summed E-state index contributed by atoms with van der Waals surface area (Å²) in [5.74, 6) is 0. The van der Waals surface area contributed by atoms with Crippen molar-refractivity contribution in [3.05, 3.63) is 217 Å². The lowest BCUT2D eigenvalue weighted by molar-refractivity contribution is 0.137. The van der Waals surface area contributed by atoms with Crippen LogP contribution in [0.25, 0.3) is 129 Å². The number of fused-ring (bicyclic) bond motifs is 6. The second-order valence-electron chi connectivity index (χ2n) is 32.1. The van der Waals surface area contributed by atoms with Gasteiger partial charge in [-0.15, -0.1) is 0 Å². The van der Waals surface area contributed by atoms with Gasteiger partial charge in [0.05, 0.1) is 82.4 Å². The molecule has 0 amide bonds. The first-order valence-electron chi connectivity index (χ1n) is 39.8. The Morgan fingerprint density at radius 3 is 0.460 bits per heavy atom. The minimum atomic E-state index is -3.67. The quantitative estimate of drug-likeness (QED) is 0.0216. The molecule has 15 aromatic carbocycles. The zero-order valence-corrected chi connectivity index (χ0v) is 84.6. The van der Waals surface area contributed by atoms with E-state index < -0.39 is 118 Å². The Labute approximate surface area is 796 Å². The fourth-order valence-electron chi connectivity index (χ4n) is 13.9. The van der Waals surface area contributed by atoms with E-state index in [-0.39, 0.29) is 39.6 Å². The SMILES string of the molecule is CC(CO)(CCO)NCc1ccc2c3cccc4cccc(c5cccc1c52)c43.CC(CO)(CCO)NCc1ccc2c3cccc4cccc(c5cccc1c52)c43.CC(CO)(CCO)NCc1ccc2c3cccc4cccc(c5cccc1c52)c43.CS(=O)(=O)O.CS(=O)(=O)O.CS(=O)(=O)O.CS(=O)(=O)O.CS(=O)(=O)O.CS(=O)(=O)O.CS(=O)(=O)O.CS(=O)(=O)O.CS(=O)(=O)O.CS(=O)(=O)O. The predicted octanol–water partition coefficient (Wildman–Crippen LogP) is 9.92. The van der Waals surface area contributed by atoms with E-state index in [0.717, 1.165) is 0 Å². The number of hydrogen-bond donors (Lipinski definition) is 19. The van der Waals surface area contributed by atoms with Crippen molar-refractivity contribution in [2.24, 2.45) is 0 Å². The normalized spacial score (nSPS) is 13.3. The van der Waals surface area contributed by atoms with E-state index >= 15 is 0 Å². The van der Waals surface area contributed by atoms with E-state index in [1.165, 1.54) is 146 Å². The molecule has 0 heterocycles. The van der Waals surface area contributed by atoms with Gasteiger partial charge >= 0.3 is 0 Å². The van der Waals surface area contributed by atoms with Crippen LogP contribution in [0.5, 0.6) is 0 Å². The lowest BCUT2D eigenvalue weighted by Crippen LogP contribution is -2.46. The molecule has 0 spiro atoms. The Hall–Kier alpha value is -9.06. The molecule has 0 radical (unpaired) electrons. The summed E-state index contributed by atoms with van der Waals surface area (Å²) in [6.45, 7) is 7.90. The first kappa shape index (κ1) is 122. The van der Waals surface area contributed by atoms with Crippen molar-refractivity contribution in [1.29, 1.82) is 0 Å². The van der Waals surface area contributed by atoms with Gasteiger partial charge in [0.2, 0.25) is 0 Å².